The molecule has 0 saturated heterocycles. The van der Waals surface area contributed by atoms with Crippen LogP contribution in [0, 0.1) is 0 Å². The van der Waals surface area contributed by atoms with E-state index in [1.165, 1.54) is 12.8 Å². The molecule has 3 heteroatoms. The summed E-state index contributed by atoms with van der Waals surface area (Å²) >= 11 is 0. The fraction of sp³-hybridized carbons (Fsp3) is 0.692. The van der Waals surface area contributed by atoms with Crippen molar-refractivity contribution in [2.45, 2.75) is 45.6 Å². The molecule has 0 bridgehead atoms. The number of furan rings is 1. The van der Waals surface area contributed by atoms with Crippen LogP contribution >= 0.6 is 0 Å². The predicted octanol–water partition coefficient (Wildman–Crippen LogP) is 2.48. The Kier molecular flexibility index (Phi) is 6.93. The first kappa shape index (κ1) is 13.3. The first-order valence-electron chi connectivity index (χ1n) is 6.26. The molecule has 0 fully saturated rings. The van der Waals surface area contributed by atoms with Crippen LogP contribution in [0.3, 0.4) is 0 Å². The Morgan fingerprint density at radius 3 is 2.56 bits per heavy atom. The molecule has 0 aliphatic heterocycles. The van der Waals surface area contributed by atoms with Gasteiger partial charge in [0.05, 0.1) is 6.54 Å². The third-order valence-corrected chi connectivity index (χ3v) is 2.63. The maximum absolute atomic E-state index is 8.62. The topological polar surface area (TPSA) is 45.4 Å². The lowest BCUT2D eigenvalue weighted by molar-refractivity contribution is 0.282. The van der Waals surface area contributed by atoms with Crippen LogP contribution in [-0.4, -0.2) is 18.3 Å². The van der Waals surface area contributed by atoms with Gasteiger partial charge in [-0.15, -0.1) is 0 Å². The summed E-state index contributed by atoms with van der Waals surface area (Å²) in [5.74, 6) is 2.08. The third-order valence-electron chi connectivity index (χ3n) is 2.63. The summed E-state index contributed by atoms with van der Waals surface area (Å²) in [6, 6.07) is 4.08. The van der Waals surface area contributed by atoms with Gasteiger partial charge in [-0.2, -0.15) is 0 Å². The average Bonchev–Trinajstić information content (AvgIpc) is 2.76. The van der Waals surface area contributed by atoms with E-state index < -0.39 is 0 Å². The molecule has 16 heavy (non-hydrogen) atoms. The fourth-order valence-electron chi connectivity index (χ4n) is 1.63. The highest BCUT2D eigenvalue weighted by atomic mass is 16.3. The van der Waals surface area contributed by atoms with E-state index in [2.05, 4.69) is 12.2 Å². The highest BCUT2D eigenvalue weighted by Crippen LogP contribution is 2.07. The number of unbranched alkanes of at least 4 members (excludes halogenated alkanes) is 3. The van der Waals surface area contributed by atoms with Crippen molar-refractivity contribution in [2.24, 2.45) is 0 Å². The van der Waals surface area contributed by atoms with Gasteiger partial charge in [0.1, 0.15) is 11.5 Å². The largest absolute Gasteiger partial charge is 0.465 e. The van der Waals surface area contributed by atoms with Gasteiger partial charge < -0.3 is 14.8 Å². The van der Waals surface area contributed by atoms with E-state index >= 15 is 0 Å². The molecule has 0 aliphatic rings. The van der Waals surface area contributed by atoms with Crippen LogP contribution in [-0.2, 0) is 13.0 Å². The first-order chi connectivity index (χ1) is 7.86. The minimum Gasteiger partial charge on any atom is -0.465 e. The lowest BCUT2D eigenvalue weighted by Gasteiger charge is -2.02. The molecule has 0 spiro atoms. The Morgan fingerprint density at radius 1 is 1.12 bits per heavy atom. The highest BCUT2D eigenvalue weighted by molar-refractivity contribution is 5.06. The van der Waals surface area contributed by atoms with Gasteiger partial charge >= 0.3 is 0 Å². The quantitative estimate of drug-likeness (QED) is 0.635. The van der Waals surface area contributed by atoms with Crippen LogP contribution < -0.4 is 5.32 Å². The molecule has 0 aliphatic carbocycles. The zero-order valence-electron chi connectivity index (χ0n) is 10.2. The second kappa shape index (κ2) is 8.36. The van der Waals surface area contributed by atoms with Crippen LogP contribution in [0.15, 0.2) is 16.5 Å². The molecule has 1 rings (SSSR count). The molecular weight excluding hydrogens is 202 g/mol. The maximum atomic E-state index is 8.62. The Balaban J connectivity index is 1.98. The van der Waals surface area contributed by atoms with Gasteiger partial charge in [0.2, 0.25) is 0 Å². The standard InChI is InChI=1S/C13H23NO2/c1-2-12-7-8-13(16-12)11-14-9-5-3-4-6-10-15/h7-8,14-15H,2-6,9-11H2,1H3. The van der Waals surface area contributed by atoms with Gasteiger partial charge in [0, 0.05) is 13.0 Å². The second-order valence-electron chi connectivity index (χ2n) is 4.04. The summed E-state index contributed by atoms with van der Waals surface area (Å²) in [6.45, 7) is 4.25. The normalized spacial score (nSPS) is 10.9. The van der Waals surface area contributed by atoms with Gasteiger partial charge in [-0.1, -0.05) is 19.8 Å². The molecule has 2 N–H and O–H groups in total. The number of aryl methyl sites for hydroxylation is 1. The van der Waals surface area contributed by atoms with E-state index in [0.717, 1.165) is 43.9 Å². The van der Waals surface area contributed by atoms with E-state index in [9.17, 15) is 0 Å². The van der Waals surface area contributed by atoms with E-state index in [-0.39, 0.29) is 0 Å². The molecule has 0 radical (unpaired) electrons. The van der Waals surface area contributed by atoms with Crippen LogP contribution in [0.5, 0.6) is 0 Å². The number of hydrogen-bond donors (Lipinski definition) is 2. The van der Waals surface area contributed by atoms with Crippen molar-refractivity contribution in [1.82, 2.24) is 5.32 Å². The molecule has 1 heterocycles. The SMILES string of the molecule is CCc1ccc(CNCCCCCCO)o1. The molecule has 0 atom stereocenters. The summed E-state index contributed by atoms with van der Waals surface area (Å²) in [7, 11) is 0. The van der Waals surface area contributed by atoms with Crippen molar-refractivity contribution in [3.8, 4) is 0 Å². The Hall–Kier alpha value is -0.800. The lowest BCUT2D eigenvalue weighted by Crippen LogP contribution is -2.14. The van der Waals surface area contributed by atoms with Crippen molar-refractivity contribution in [3.05, 3.63) is 23.7 Å². The molecular formula is C13H23NO2. The molecule has 1 aromatic rings. The second-order valence-corrected chi connectivity index (χ2v) is 4.04. The third kappa shape index (κ3) is 5.33. The van der Waals surface area contributed by atoms with E-state index in [1.807, 2.05) is 12.1 Å². The van der Waals surface area contributed by atoms with Gasteiger partial charge in [-0.05, 0) is 31.5 Å². The van der Waals surface area contributed by atoms with Gasteiger partial charge in [0.25, 0.3) is 0 Å². The fourth-order valence-corrected chi connectivity index (χ4v) is 1.63. The molecule has 1 aromatic heterocycles. The van der Waals surface area contributed by atoms with Gasteiger partial charge in [0.15, 0.2) is 0 Å². The Bertz CT molecular complexity index is 271. The molecule has 3 nitrogen and oxygen atoms in total. The zero-order chi connectivity index (χ0) is 11.6. The molecule has 0 saturated carbocycles. The Morgan fingerprint density at radius 2 is 1.88 bits per heavy atom. The van der Waals surface area contributed by atoms with E-state index in [1.54, 1.807) is 0 Å². The smallest absolute Gasteiger partial charge is 0.117 e. The molecule has 0 aromatic carbocycles. The highest BCUT2D eigenvalue weighted by Gasteiger charge is 1.99. The summed E-state index contributed by atoms with van der Waals surface area (Å²) in [4.78, 5) is 0. The molecule has 0 amide bonds. The Labute approximate surface area is 97.9 Å². The molecule has 0 unspecified atom stereocenters. The summed E-state index contributed by atoms with van der Waals surface area (Å²) in [5, 5.41) is 12.0. The van der Waals surface area contributed by atoms with Crippen molar-refractivity contribution < 1.29 is 9.52 Å². The van der Waals surface area contributed by atoms with Crippen molar-refractivity contribution in [3.63, 3.8) is 0 Å². The summed E-state index contributed by atoms with van der Waals surface area (Å²) in [6.07, 6.45) is 5.37. The first-order valence-corrected chi connectivity index (χ1v) is 6.26. The van der Waals surface area contributed by atoms with Crippen LogP contribution in [0.2, 0.25) is 0 Å². The zero-order valence-corrected chi connectivity index (χ0v) is 10.2. The van der Waals surface area contributed by atoms with Crippen molar-refractivity contribution in [1.29, 1.82) is 0 Å². The number of aliphatic hydroxyl groups excluding tert-OH is 1. The molecule has 92 valence electrons. The minimum atomic E-state index is 0.319. The van der Waals surface area contributed by atoms with E-state index in [0.29, 0.717) is 6.61 Å². The van der Waals surface area contributed by atoms with Crippen molar-refractivity contribution >= 4 is 0 Å². The summed E-state index contributed by atoms with van der Waals surface area (Å²) < 4.78 is 5.58. The predicted molar refractivity (Wildman–Crippen MR) is 65.3 cm³/mol. The number of aliphatic hydroxyl groups is 1. The minimum absolute atomic E-state index is 0.319. The van der Waals surface area contributed by atoms with Gasteiger partial charge in [-0.3, -0.25) is 0 Å². The average molecular weight is 225 g/mol. The van der Waals surface area contributed by atoms with Crippen LogP contribution in [0.25, 0.3) is 0 Å². The maximum Gasteiger partial charge on any atom is 0.117 e. The van der Waals surface area contributed by atoms with Gasteiger partial charge in [-0.25, -0.2) is 0 Å². The van der Waals surface area contributed by atoms with Crippen LogP contribution in [0.4, 0.5) is 0 Å². The van der Waals surface area contributed by atoms with E-state index in [4.69, 9.17) is 9.52 Å². The number of nitrogens with one attached hydrogen (secondary N) is 1. The lowest BCUT2D eigenvalue weighted by atomic mass is 10.2. The summed E-state index contributed by atoms with van der Waals surface area (Å²) in [5.41, 5.74) is 0. The number of rotatable bonds is 9. The van der Waals surface area contributed by atoms with Crippen molar-refractivity contribution in [2.75, 3.05) is 13.2 Å². The van der Waals surface area contributed by atoms with Crippen LogP contribution in [0.1, 0.15) is 44.1 Å². The monoisotopic (exact) mass is 225 g/mol. The number of hydrogen-bond acceptors (Lipinski definition) is 3.